The highest BCUT2D eigenvalue weighted by Gasteiger charge is 2.47. The van der Waals surface area contributed by atoms with Crippen molar-refractivity contribution in [1.29, 1.82) is 0 Å². The molecule has 3 heteroatoms. The Balaban J connectivity index is 1.79. The minimum atomic E-state index is -0.558. The molecule has 1 aromatic heterocycles. The van der Waals surface area contributed by atoms with Crippen molar-refractivity contribution in [3.8, 4) is 0 Å². The monoisotopic (exact) mass is 307 g/mol. The molecule has 0 radical (unpaired) electrons. The fraction of sp³-hybridized carbons (Fsp3) is 0.400. The van der Waals surface area contributed by atoms with Crippen molar-refractivity contribution >= 4 is 5.97 Å². The summed E-state index contributed by atoms with van der Waals surface area (Å²) in [4.78, 5) is 16.5. The molecule has 3 nitrogen and oxygen atoms in total. The maximum atomic E-state index is 12.1. The van der Waals surface area contributed by atoms with Crippen molar-refractivity contribution in [1.82, 2.24) is 4.98 Å². The van der Waals surface area contributed by atoms with Crippen LogP contribution in [-0.4, -0.2) is 11.0 Å². The minimum Gasteiger partial charge on any atom is -0.453 e. The van der Waals surface area contributed by atoms with E-state index in [1.165, 1.54) is 16.7 Å². The summed E-state index contributed by atoms with van der Waals surface area (Å²) < 4.78 is 5.89. The lowest BCUT2D eigenvalue weighted by molar-refractivity contribution is -0.162. The zero-order chi connectivity index (χ0) is 16.2. The van der Waals surface area contributed by atoms with Gasteiger partial charge >= 0.3 is 5.97 Å². The van der Waals surface area contributed by atoms with E-state index >= 15 is 0 Å². The lowest BCUT2D eigenvalue weighted by Crippen LogP contribution is -2.39. The van der Waals surface area contributed by atoms with Crippen molar-refractivity contribution in [2.24, 2.45) is 0 Å². The molecule has 0 fully saturated rings. The standard InChI is InChI=1S/C20H21NO2/c1-19(2,3)15-7-6-13-11-20(12-14(13)9-15)16-5-4-8-21-17(16)10-18(22)23-20/h4-9H,10-12H2,1-3H3. The average Bonchev–Trinajstić information content (AvgIpc) is 2.83. The fourth-order valence-electron chi connectivity index (χ4n) is 3.81. The summed E-state index contributed by atoms with van der Waals surface area (Å²) in [5.74, 6) is -0.167. The van der Waals surface area contributed by atoms with Gasteiger partial charge in [0.2, 0.25) is 0 Å². The van der Waals surface area contributed by atoms with E-state index in [4.69, 9.17) is 4.74 Å². The van der Waals surface area contributed by atoms with E-state index in [9.17, 15) is 4.79 Å². The molecule has 1 aliphatic heterocycles. The smallest absolute Gasteiger partial charge is 0.312 e. The van der Waals surface area contributed by atoms with Crippen molar-refractivity contribution in [3.63, 3.8) is 0 Å². The summed E-state index contributed by atoms with van der Waals surface area (Å²) in [5.41, 5.74) is 5.40. The van der Waals surface area contributed by atoms with Crippen LogP contribution in [0.1, 0.15) is 48.7 Å². The van der Waals surface area contributed by atoms with Crippen molar-refractivity contribution in [3.05, 3.63) is 64.5 Å². The Labute approximate surface area is 136 Å². The molecule has 0 saturated heterocycles. The van der Waals surface area contributed by atoms with Crippen LogP contribution in [0.4, 0.5) is 0 Å². The van der Waals surface area contributed by atoms with Gasteiger partial charge in [0, 0.05) is 24.6 Å². The SMILES string of the molecule is CC(C)(C)c1ccc2c(c1)CC1(C2)OC(=O)Cc2ncccc21. The number of nitrogens with zero attached hydrogens (tertiary/aromatic N) is 1. The van der Waals surface area contributed by atoms with Gasteiger partial charge in [0.05, 0.1) is 12.1 Å². The van der Waals surface area contributed by atoms with Gasteiger partial charge in [-0.05, 0) is 28.2 Å². The molecular formula is C20H21NO2. The van der Waals surface area contributed by atoms with Gasteiger partial charge in [0.25, 0.3) is 0 Å². The van der Waals surface area contributed by atoms with Gasteiger partial charge in [-0.3, -0.25) is 9.78 Å². The molecule has 1 unspecified atom stereocenters. The molecule has 2 heterocycles. The number of pyridine rings is 1. The molecule has 1 spiro atoms. The molecule has 0 amide bonds. The van der Waals surface area contributed by atoms with Crippen LogP contribution in [0.2, 0.25) is 0 Å². The van der Waals surface area contributed by atoms with Crippen LogP contribution in [-0.2, 0) is 39.8 Å². The zero-order valence-electron chi connectivity index (χ0n) is 13.8. The van der Waals surface area contributed by atoms with E-state index in [0.29, 0.717) is 0 Å². The lowest BCUT2D eigenvalue weighted by atomic mass is 9.85. The quantitative estimate of drug-likeness (QED) is 0.700. The van der Waals surface area contributed by atoms with Crippen LogP contribution in [0.5, 0.6) is 0 Å². The number of aromatic nitrogens is 1. The van der Waals surface area contributed by atoms with E-state index < -0.39 is 5.60 Å². The van der Waals surface area contributed by atoms with Gasteiger partial charge in [-0.15, -0.1) is 0 Å². The summed E-state index contributed by atoms with van der Waals surface area (Å²) >= 11 is 0. The second-order valence-electron chi connectivity index (χ2n) is 7.73. The van der Waals surface area contributed by atoms with Crippen molar-refractivity contribution < 1.29 is 9.53 Å². The number of fused-ring (bicyclic) bond motifs is 3. The molecule has 0 saturated carbocycles. The number of hydrogen-bond acceptors (Lipinski definition) is 3. The van der Waals surface area contributed by atoms with Crippen LogP contribution in [0, 0.1) is 0 Å². The van der Waals surface area contributed by atoms with Crippen LogP contribution in [0.25, 0.3) is 0 Å². The fourth-order valence-corrected chi connectivity index (χ4v) is 3.81. The Kier molecular flexibility index (Phi) is 2.93. The molecule has 118 valence electrons. The molecular weight excluding hydrogens is 286 g/mol. The number of rotatable bonds is 0. The van der Waals surface area contributed by atoms with E-state index in [1.54, 1.807) is 6.20 Å². The second kappa shape index (κ2) is 4.67. The third-order valence-electron chi connectivity index (χ3n) is 5.03. The first-order valence-electron chi connectivity index (χ1n) is 8.16. The molecule has 1 aliphatic carbocycles. The number of ether oxygens (including phenoxy) is 1. The molecule has 1 aromatic carbocycles. The predicted octanol–water partition coefficient (Wildman–Crippen LogP) is 3.47. The van der Waals surface area contributed by atoms with E-state index in [1.807, 2.05) is 6.07 Å². The molecule has 4 rings (SSSR count). The highest BCUT2D eigenvalue weighted by molar-refractivity contribution is 5.76. The predicted molar refractivity (Wildman–Crippen MR) is 88.3 cm³/mol. The van der Waals surface area contributed by atoms with Gasteiger partial charge in [-0.2, -0.15) is 0 Å². The zero-order valence-corrected chi connectivity index (χ0v) is 13.8. The first kappa shape index (κ1) is 14.4. The third-order valence-corrected chi connectivity index (χ3v) is 5.03. The Morgan fingerprint density at radius 2 is 1.91 bits per heavy atom. The minimum absolute atomic E-state index is 0.119. The maximum Gasteiger partial charge on any atom is 0.312 e. The van der Waals surface area contributed by atoms with Crippen molar-refractivity contribution in [2.45, 2.75) is 51.0 Å². The Morgan fingerprint density at radius 3 is 2.70 bits per heavy atom. The van der Waals surface area contributed by atoms with Gasteiger partial charge < -0.3 is 4.74 Å². The van der Waals surface area contributed by atoms with E-state index in [0.717, 1.165) is 24.1 Å². The largest absolute Gasteiger partial charge is 0.453 e. The number of esters is 1. The topological polar surface area (TPSA) is 39.2 Å². The summed E-state index contributed by atoms with van der Waals surface area (Å²) in [6, 6.07) is 10.7. The van der Waals surface area contributed by atoms with Crippen LogP contribution >= 0.6 is 0 Å². The maximum absolute atomic E-state index is 12.1. The number of carbonyl (C=O) groups is 1. The summed E-state index contributed by atoms with van der Waals surface area (Å²) in [5, 5.41) is 0. The first-order valence-corrected chi connectivity index (χ1v) is 8.16. The van der Waals surface area contributed by atoms with Crippen molar-refractivity contribution in [2.75, 3.05) is 0 Å². The summed E-state index contributed by atoms with van der Waals surface area (Å²) in [6.07, 6.45) is 3.53. The highest BCUT2D eigenvalue weighted by atomic mass is 16.6. The summed E-state index contributed by atoms with van der Waals surface area (Å²) in [7, 11) is 0. The molecule has 2 aromatic rings. The lowest BCUT2D eigenvalue weighted by Gasteiger charge is -2.34. The van der Waals surface area contributed by atoms with Gasteiger partial charge in [0.15, 0.2) is 0 Å². The first-order chi connectivity index (χ1) is 10.9. The highest BCUT2D eigenvalue weighted by Crippen LogP contribution is 2.45. The Hall–Kier alpha value is -2.16. The van der Waals surface area contributed by atoms with Gasteiger partial charge in [0.1, 0.15) is 5.60 Å². The summed E-state index contributed by atoms with van der Waals surface area (Å²) in [6.45, 7) is 6.66. The number of carbonyl (C=O) groups excluding carboxylic acids is 1. The number of hydrogen-bond donors (Lipinski definition) is 0. The Bertz CT molecular complexity index is 804. The van der Waals surface area contributed by atoms with Gasteiger partial charge in [-0.1, -0.05) is 45.0 Å². The van der Waals surface area contributed by atoms with Gasteiger partial charge in [-0.25, -0.2) is 0 Å². The van der Waals surface area contributed by atoms with Crippen LogP contribution < -0.4 is 0 Å². The second-order valence-corrected chi connectivity index (χ2v) is 7.73. The van der Waals surface area contributed by atoms with E-state index in [-0.39, 0.29) is 17.8 Å². The molecule has 0 N–H and O–H groups in total. The Morgan fingerprint density at radius 1 is 1.13 bits per heavy atom. The molecule has 1 atom stereocenters. The molecule has 0 bridgehead atoms. The van der Waals surface area contributed by atoms with Crippen LogP contribution in [0.3, 0.4) is 0 Å². The normalized spacial score (nSPS) is 22.7. The van der Waals surface area contributed by atoms with E-state index in [2.05, 4.69) is 50.0 Å². The number of benzene rings is 1. The van der Waals surface area contributed by atoms with Crippen LogP contribution in [0.15, 0.2) is 36.5 Å². The molecule has 2 aliphatic rings. The third kappa shape index (κ3) is 2.26. The average molecular weight is 307 g/mol. The molecule has 23 heavy (non-hydrogen) atoms.